The van der Waals surface area contributed by atoms with Crippen LogP contribution in [0, 0.1) is 6.92 Å². The summed E-state index contributed by atoms with van der Waals surface area (Å²) >= 11 is 0. The average molecular weight is 433 g/mol. The van der Waals surface area contributed by atoms with Crippen molar-refractivity contribution in [1.29, 1.82) is 0 Å². The predicted molar refractivity (Wildman–Crippen MR) is 111 cm³/mol. The first-order valence-corrected chi connectivity index (χ1v) is 9.90. The van der Waals surface area contributed by atoms with Crippen LogP contribution in [0.15, 0.2) is 41.3 Å². The number of benzene rings is 1. The summed E-state index contributed by atoms with van der Waals surface area (Å²) in [4.78, 5) is 21.4. The topological polar surface area (TPSA) is 72.3 Å². The molecule has 1 aliphatic heterocycles. The number of hydrogen-bond donors (Lipinski definition) is 1. The maximum Gasteiger partial charge on any atom is 0.416 e. The van der Waals surface area contributed by atoms with Gasteiger partial charge < -0.3 is 15.1 Å². The molecule has 0 amide bonds. The van der Waals surface area contributed by atoms with Crippen LogP contribution < -0.4 is 15.9 Å². The first kappa shape index (κ1) is 21.1. The summed E-state index contributed by atoms with van der Waals surface area (Å²) in [5.41, 5.74) is 0.0226. The van der Waals surface area contributed by atoms with Gasteiger partial charge >= 0.3 is 6.18 Å². The first-order chi connectivity index (χ1) is 14.7. The van der Waals surface area contributed by atoms with Crippen LogP contribution in [-0.2, 0) is 10.9 Å². The number of rotatable bonds is 4. The zero-order valence-corrected chi connectivity index (χ0v) is 17.1. The molecule has 1 fully saturated rings. The lowest BCUT2D eigenvalue weighted by molar-refractivity contribution is -0.137. The van der Waals surface area contributed by atoms with E-state index in [1.54, 1.807) is 26.1 Å². The van der Waals surface area contributed by atoms with E-state index in [1.807, 2.05) is 5.01 Å². The molecule has 0 bridgehead atoms. The van der Waals surface area contributed by atoms with Gasteiger partial charge in [0.05, 0.1) is 42.8 Å². The minimum atomic E-state index is -4.41. The Hall–Kier alpha value is -3.14. The molecule has 3 aromatic rings. The second kappa shape index (κ2) is 8.18. The predicted octanol–water partition coefficient (Wildman–Crippen LogP) is 3.26. The van der Waals surface area contributed by atoms with Crippen LogP contribution >= 0.6 is 0 Å². The SMILES string of the molecule is Cc1nc(N[C@H](C)c2cccc(C(F)(F)F)c2)c2cn(N3CCOCC3)c(=O)cc2n1. The molecule has 0 saturated carbocycles. The fraction of sp³-hybridized carbons (Fsp3) is 0.381. The Kier molecular flexibility index (Phi) is 5.57. The van der Waals surface area contributed by atoms with Gasteiger partial charge in [-0.3, -0.25) is 4.79 Å². The molecule has 1 N–H and O–H groups in total. The molecule has 31 heavy (non-hydrogen) atoms. The van der Waals surface area contributed by atoms with Gasteiger partial charge in [0.1, 0.15) is 11.6 Å². The number of anilines is 1. The summed E-state index contributed by atoms with van der Waals surface area (Å²) in [5, 5.41) is 5.68. The molecule has 3 heterocycles. The van der Waals surface area contributed by atoms with Crippen LogP contribution in [0.1, 0.15) is 29.9 Å². The highest BCUT2D eigenvalue weighted by atomic mass is 19.4. The van der Waals surface area contributed by atoms with Crippen molar-refractivity contribution in [3.8, 4) is 0 Å². The quantitative estimate of drug-likeness (QED) is 0.681. The number of morpholine rings is 1. The second-order valence-electron chi connectivity index (χ2n) is 7.43. The maximum absolute atomic E-state index is 13.1. The largest absolute Gasteiger partial charge is 0.416 e. The van der Waals surface area contributed by atoms with Crippen LogP contribution in [-0.4, -0.2) is 40.9 Å². The van der Waals surface area contributed by atoms with Gasteiger partial charge in [0.15, 0.2) is 0 Å². The Morgan fingerprint density at radius 3 is 2.61 bits per heavy atom. The molecule has 0 unspecified atom stereocenters. The summed E-state index contributed by atoms with van der Waals surface area (Å²) in [5.74, 6) is 0.907. The van der Waals surface area contributed by atoms with E-state index in [4.69, 9.17) is 4.74 Å². The van der Waals surface area contributed by atoms with E-state index in [-0.39, 0.29) is 5.56 Å². The lowest BCUT2D eigenvalue weighted by Crippen LogP contribution is -2.48. The van der Waals surface area contributed by atoms with E-state index >= 15 is 0 Å². The molecule has 4 rings (SSSR count). The summed E-state index contributed by atoms with van der Waals surface area (Å²) in [6.07, 6.45) is -2.74. The zero-order chi connectivity index (χ0) is 22.2. The van der Waals surface area contributed by atoms with Crippen molar-refractivity contribution in [3.63, 3.8) is 0 Å². The summed E-state index contributed by atoms with van der Waals surface area (Å²) in [7, 11) is 0. The third kappa shape index (κ3) is 4.48. The van der Waals surface area contributed by atoms with Crippen LogP contribution in [0.25, 0.3) is 10.9 Å². The van der Waals surface area contributed by atoms with E-state index in [0.29, 0.717) is 54.4 Å². The van der Waals surface area contributed by atoms with E-state index in [1.165, 1.54) is 16.8 Å². The number of pyridine rings is 1. The molecule has 164 valence electrons. The standard InChI is InChI=1S/C21H22F3N5O2/c1-13(15-4-3-5-16(10-15)21(22,23)24)25-20-17-12-29(28-6-8-31-9-7-28)19(30)11-18(17)26-14(2)27-20/h3-5,10-13H,6-9H2,1-2H3,(H,25,26,27)/t13-/m1/s1. The van der Waals surface area contributed by atoms with E-state index < -0.39 is 17.8 Å². The van der Waals surface area contributed by atoms with E-state index in [2.05, 4.69) is 15.3 Å². The number of halogens is 3. The third-order valence-corrected chi connectivity index (χ3v) is 5.18. The molecule has 2 aromatic heterocycles. The van der Waals surface area contributed by atoms with Gasteiger partial charge in [0.25, 0.3) is 5.56 Å². The fourth-order valence-electron chi connectivity index (χ4n) is 3.58. The molecule has 1 atom stereocenters. The molecule has 10 heteroatoms. The molecule has 7 nitrogen and oxygen atoms in total. The van der Waals surface area contributed by atoms with Crippen molar-refractivity contribution in [3.05, 3.63) is 63.8 Å². The maximum atomic E-state index is 13.1. The van der Waals surface area contributed by atoms with Crippen molar-refractivity contribution < 1.29 is 17.9 Å². The highest BCUT2D eigenvalue weighted by Gasteiger charge is 2.30. The normalized spacial score (nSPS) is 15.8. The molecule has 1 saturated heterocycles. The number of alkyl halides is 3. The van der Waals surface area contributed by atoms with Gasteiger partial charge in [-0.05, 0) is 31.5 Å². The van der Waals surface area contributed by atoms with Gasteiger partial charge in [0.2, 0.25) is 0 Å². The molecule has 1 aromatic carbocycles. The third-order valence-electron chi connectivity index (χ3n) is 5.18. The average Bonchev–Trinajstić information content (AvgIpc) is 2.73. The van der Waals surface area contributed by atoms with Crippen molar-refractivity contribution in [2.24, 2.45) is 0 Å². The monoisotopic (exact) mass is 433 g/mol. The van der Waals surface area contributed by atoms with Crippen LogP contribution in [0.4, 0.5) is 19.0 Å². The Labute approximate surface area is 176 Å². The van der Waals surface area contributed by atoms with Crippen molar-refractivity contribution in [2.45, 2.75) is 26.1 Å². The number of aromatic nitrogens is 3. The van der Waals surface area contributed by atoms with Crippen LogP contribution in [0.2, 0.25) is 0 Å². The van der Waals surface area contributed by atoms with Crippen LogP contribution in [0.5, 0.6) is 0 Å². The lowest BCUT2D eigenvalue weighted by atomic mass is 10.0. The lowest BCUT2D eigenvalue weighted by Gasteiger charge is -2.30. The number of hydrogen-bond acceptors (Lipinski definition) is 6. The van der Waals surface area contributed by atoms with Crippen LogP contribution in [0.3, 0.4) is 0 Å². The highest BCUT2D eigenvalue weighted by molar-refractivity contribution is 5.88. The Balaban J connectivity index is 1.72. The van der Waals surface area contributed by atoms with Crippen molar-refractivity contribution in [2.75, 3.05) is 36.6 Å². The molecular formula is C21H22F3N5O2. The van der Waals surface area contributed by atoms with E-state index in [9.17, 15) is 18.0 Å². The first-order valence-electron chi connectivity index (χ1n) is 9.90. The Morgan fingerprint density at radius 2 is 1.90 bits per heavy atom. The molecular weight excluding hydrogens is 411 g/mol. The summed E-state index contributed by atoms with van der Waals surface area (Å²) < 4.78 is 46.1. The number of nitrogens with zero attached hydrogens (tertiary/aromatic N) is 4. The van der Waals surface area contributed by atoms with Gasteiger partial charge in [-0.2, -0.15) is 13.2 Å². The highest BCUT2D eigenvalue weighted by Crippen LogP contribution is 2.32. The van der Waals surface area contributed by atoms with Gasteiger partial charge in [-0.1, -0.05) is 12.1 Å². The minimum Gasteiger partial charge on any atom is -0.378 e. The number of fused-ring (bicyclic) bond motifs is 1. The van der Waals surface area contributed by atoms with Crippen molar-refractivity contribution in [1.82, 2.24) is 14.6 Å². The van der Waals surface area contributed by atoms with Gasteiger partial charge in [0, 0.05) is 18.3 Å². The fourth-order valence-corrected chi connectivity index (χ4v) is 3.58. The summed E-state index contributed by atoms with van der Waals surface area (Å²) in [6, 6.07) is 6.17. The van der Waals surface area contributed by atoms with Gasteiger partial charge in [-0.25, -0.2) is 14.6 Å². The number of nitrogens with one attached hydrogen (secondary N) is 1. The summed E-state index contributed by atoms with van der Waals surface area (Å²) in [6.45, 7) is 5.64. The smallest absolute Gasteiger partial charge is 0.378 e. The van der Waals surface area contributed by atoms with Crippen molar-refractivity contribution >= 4 is 16.7 Å². The number of aryl methyl sites for hydroxylation is 1. The second-order valence-corrected chi connectivity index (χ2v) is 7.43. The minimum absolute atomic E-state index is 0.218. The molecule has 1 aliphatic rings. The Bertz CT molecular complexity index is 1160. The molecule has 0 aliphatic carbocycles. The zero-order valence-electron chi connectivity index (χ0n) is 17.1. The van der Waals surface area contributed by atoms with E-state index in [0.717, 1.165) is 12.1 Å². The molecule has 0 spiro atoms. The van der Waals surface area contributed by atoms with Gasteiger partial charge in [-0.15, -0.1) is 0 Å². The number of ether oxygens (including phenoxy) is 1. The Morgan fingerprint density at radius 1 is 1.16 bits per heavy atom. The molecule has 0 radical (unpaired) electrons.